The maximum atomic E-state index is 4.93. The fourth-order valence-electron chi connectivity index (χ4n) is 6.52. The molecule has 6 rings (SSSR count). The Balaban J connectivity index is 0.000000240. The van der Waals surface area contributed by atoms with Crippen LogP contribution in [-0.4, -0.2) is 9.52 Å². The van der Waals surface area contributed by atoms with Gasteiger partial charge in [0.1, 0.15) is 0 Å². The summed E-state index contributed by atoms with van der Waals surface area (Å²) in [5.41, 5.74) is 11.3. The average molecular weight is 813 g/mol. The van der Waals surface area contributed by atoms with Gasteiger partial charge in [0.2, 0.25) is 0 Å². The van der Waals surface area contributed by atoms with Gasteiger partial charge in [0.15, 0.2) is 0 Å². The van der Waals surface area contributed by atoms with E-state index in [0.717, 1.165) is 15.9 Å². The number of rotatable bonds is 8. The van der Waals surface area contributed by atoms with E-state index < -0.39 is 20.8 Å². The molecule has 268 valence electrons. The van der Waals surface area contributed by atoms with Gasteiger partial charge in [0, 0.05) is 9.52 Å². The van der Waals surface area contributed by atoms with Gasteiger partial charge in [-0.3, -0.25) is 0 Å². The minimum absolute atomic E-state index is 0.202. The van der Waals surface area contributed by atoms with E-state index in [1.807, 2.05) is 0 Å². The molecule has 0 saturated heterocycles. The number of hydrogen-bond acceptors (Lipinski definition) is 0. The molecule has 0 aliphatic rings. The van der Waals surface area contributed by atoms with E-state index in [1.165, 1.54) is 85.3 Å². The Morgan fingerprint density at radius 3 is 1.65 bits per heavy atom. The molecule has 2 radical (unpaired) electrons. The van der Waals surface area contributed by atoms with Gasteiger partial charge in [-0.2, -0.15) is 12.1 Å². The molecule has 0 aliphatic carbocycles. The summed E-state index contributed by atoms with van der Waals surface area (Å²) in [4.78, 5) is 0. The summed E-state index contributed by atoms with van der Waals surface area (Å²) in [7, 11) is 11.0. The SMILES string of the molecule is CCCC(C)c1cc2c(-c3ccc(C(C)(C)C)cc3)cccc2[cH-]1.CCc1cc2c(-c3ccc(C(C)CC)cc3)cccc2[cH-]1.C[Si]C.[Cl][Zr+2][Cl]. The zero-order valence-electron chi connectivity index (χ0n) is 32.6. The van der Waals surface area contributed by atoms with E-state index in [2.05, 4.69) is 178 Å². The van der Waals surface area contributed by atoms with Crippen LogP contribution in [0.4, 0.5) is 0 Å². The molecule has 0 amide bonds. The van der Waals surface area contributed by atoms with Crippen molar-refractivity contribution < 1.29 is 20.8 Å². The van der Waals surface area contributed by atoms with Crippen LogP contribution in [0.25, 0.3) is 43.8 Å². The standard InChI is InChI=1S/C24H29.C21H23.C2H6Si.2ClH.Zr/c1-6-8-17(2)20-15-19-9-7-10-22(23(19)16-20)18-11-13-21(14-12-18)24(3,4)5;1-4-15(3)17-9-11-18(12-10-17)20-8-6-7-19-13-16(5-2)14-21(19)20;1-3-2;;;/h7,9-17H,6,8H2,1-5H3;6-15H,4-5H2,1-3H3;1-2H3;2*1H;/q2*-1;;;;+4/p-2. The van der Waals surface area contributed by atoms with Gasteiger partial charge < -0.3 is 0 Å². The summed E-state index contributed by atoms with van der Waals surface area (Å²) in [6, 6.07) is 40.9. The molecule has 2 atom stereocenters. The minimum atomic E-state index is -0.826. The van der Waals surface area contributed by atoms with Crippen LogP contribution in [-0.2, 0) is 32.7 Å². The Bertz CT molecular complexity index is 1870. The van der Waals surface area contributed by atoms with Gasteiger partial charge in [0.05, 0.1) is 0 Å². The molecular weight excluding hydrogens is 755 g/mol. The molecular formula is C47H58Cl2SiZr. The van der Waals surface area contributed by atoms with Crippen molar-refractivity contribution in [2.45, 2.75) is 111 Å². The Labute approximate surface area is 331 Å². The van der Waals surface area contributed by atoms with Crippen molar-refractivity contribution in [2.24, 2.45) is 0 Å². The molecule has 6 aromatic carbocycles. The van der Waals surface area contributed by atoms with Crippen LogP contribution >= 0.6 is 17.0 Å². The Morgan fingerprint density at radius 2 is 1.18 bits per heavy atom. The van der Waals surface area contributed by atoms with Gasteiger partial charge in [-0.25, -0.2) is 0 Å². The Morgan fingerprint density at radius 1 is 0.686 bits per heavy atom. The van der Waals surface area contributed by atoms with Gasteiger partial charge in [-0.1, -0.05) is 147 Å². The second-order valence-electron chi connectivity index (χ2n) is 14.6. The van der Waals surface area contributed by atoms with Crippen LogP contribution in [0.15, 0.2) is 109 Å². The Kier molecular flexibility index (Phi) is 18.2. The maximum absolute atomic E-state index is 4.93. The van der Waals surface area contributed by atoms with Crippen LogP contribution in [0.1, 0.15) is 109 Å². The van der Waals surface area contributed by atoms with E-state index in [0.29, 0.717) is 11.8 Å². The summed E-state index contributed by atoms with van der Waals surface area (Å²) in [6.45, 7) is 22.5. The summed E-state index contributed by atoms with van der Waals surface area (Å²) >= 11 is -0.826. The molecule has 0 aliphatic heterocycles. The molecule has 0 spiro atoms. The molecule has 4 heteroatoms. The van der Waals surface area contributed by atoms with Crippen molar-refractivity contribution in [2.75, 3.05) is 0 Å². The quantitative estimate of drug-likeness (QED) is 0.106. The van der Waals surface area contributed by atoms with E-state index in [9.17, 15) is 0 Å². The van der Waals surface area contributed by atoms with Gasteiger partial charge >= 0.3 is 37.9 Å². The monoisotopic (exact) mass is 810 g/mol. The molecule has 51 heavy (non-hydrogen) atoms. The summed E-state index contributed by atoms with van der Waals surface area (Å²) in [5, 5.41) is 5.49. The third kappa shape index (κ3) is 12.2. The average Bonchev–Trinajstić information content (AvgIpc) is 3.77. The first kappa shape index (κ1) is 43.2. The van der Waals surface area contributed by atoms with Crippen LogP contribution < -0.4 is 0 Å². The van der Waals surface area contributed by atoms with Gasteiger partial charge in [0.25, 0.3) is 0 Å². The van der Waals surface area contributed by atoms with Crippen LogP contribution in [0.2, 0.25) is 13.1 Å². The third-order valence-electron chi connectivity index (χ3n) is 9.75. The van der Waals surface area contributed by atoms with E-state index in [-0.39, 0.29) is 5.41 Å². The molecule has 0 saturated carbocycles. The second-order valence-corrected chi connectivity index (χ2v) is 19.4. The molecule has 6 aromatic rings. The summed E-state index contributed by atoms with van der Waals surface area (Å²) in [6.07, 6.45) is 4.79. The van der Waals surface area contributed by atoms with Crippen molar-refractivity contribution >= 4 is 48.1 Å². The summed E-state index contributed by atoms with van der Waals surface area (Å²) < 4.78 is 0. The zero-order valence-corrected chi connectivity index (χ0v) is 37.6. The first-order valence-corrected chi connectivity index (χ1v) is 26.9. The van der Waals surface area contributed by atoms with E-state index in [1.54, 1.807) is 0 Å². The predicted molar refractivity (Wildman–Crippen MR) is 229 cm³/mol. The van der Waals surface area contributed by atoms with E-state index in [4.69, 9.17) is 17.0 Å². The molecule has 0 N–H and O–H groups in total. The van der Waals surface area contributed by atoms with Crippen molar-refractivity contribution in [3.63, 3.8) is 0 Å². The number of benzene rings is 4. The number of hydrogen-bond donors (Lipinski definition) is 0. The molecule has 0 nitrogen and oxygen atoms in total. The fourth-order valence-corrected chi connectivity index (χ4v) is 6.52. The normalized spacial score (nSPS) is 12.1. The van der Waals surface area contributed by atoms with Crippen LogP contribution in [0.3, 0.4) is 0 Å². The van der Waals surface area contributed by atoms with Gasteiger partial charge in [-0.15, -0.1) is 69.1 Å². The van der Waals surface area contributed by atoms with Crippen LogP contribution in [0.5, 0.6) is 0 Å². The Hall–Kier alpha value is -2.22. The number of halogens is 2. The fraction of sp³-hybridized carbons (Fsp3) is 0.362. The molecule has 0 bridgehead atoms. The van der Waals surface area contributed by atoms with Gasteiger partial charge in [-0.05, 0) is 58.8 Å². The van der Waals surface area contributed by atoms with Crippen molar-refractivity contribution in [3.05, 3.63) is 131 Å². The topological polar surface area (TPSA) is 0 Å². The first-order chi connectivity index (χ1) is 24.4. The zero-order chi connectivity index (χ0) is 37.6. The van der Waals surface area contributed by atoms with E-state index >= 15 is 0 Å². The molecule has 0 heterocycles. The molecule has 0 aromatic heterocycles. The number of aryl methyl sites for hydroxylation is 1. The molecule has 2 unspecified atom stereocenters. The molecule has 0 fully saturated rings. The van der Waals surface area contributed by atoms with Crippen molar-refractivity contribution in [3.8, 4) is 22.3 Å². The first-order valence-electron chi connectivity index (χ1n) is 18.6. The second kappa shape index (κ2) is 21.5. The summed E-state index contributed by atoms with van der Waals surface area (Å²) in [5.74, 6) is 1.28. The number of fused-ring (bicyclic) bond motifs is 2. The van der Waals surface area contributed by atoms with Crippen molar-refractivity contribution in [1.29, 1.82) is 0 Å². The third-order valence-corrected chi connectivity index (χ3v) is 9.75. The van der Waals surface area contributed by atoms with Crippen molar-refractivity contribution in [1.82, 2.24) is 0 Å². The predicted octanol–water partition coefficient (Wildman–Crippen LogP) is 15.9. The van der Waals surface area contributed by atoms with Crippen LogP contribution in [0, 0.1) is 0 Å².